The zero-order valence-electron chi connectivity index (χ0n) is 17.5. The number of carbonyl (C=O) groups is 1. The van der Waals surface area contributed by atoms with Crippen LogP contribution in [0.1, 0.15) is 34.6 Å². The van der Waals surface area contributed by atoms with Gasteiger partial charge in [0.25, 0.3) is 11.1 Å². The third kappa shape index (κ3) is 4.56. The highest BCUT2D eigenvalue weighted by molar-refractivity contribution is 8.00. The monoisotopic (exact) mass is 455 g/mol. The van der Waals surface area contributed by atoms with Gasteiger partial charge < -0.3 is 14.1 Å². The molecule has 1 amide bonds. The Morgan fingerprint density at radius 1 is 1.23 bits per heavy atom. The van der Waals surface area contributed by atoms with Crippen molar-refractivity contribution in [1.82, 2.24) is 15.1 Å². The molecule has 0 unspecified atom stereocenters. The van der Waals surface area contributed by atoms with Crippen LogP contribution in [0.15, 0.2) is 46.0 Å². The Bertz CT molecular complexity index is 1040. The van der Waals surface area contributed by atoms with Gasteiger partial charge in [-0.3, -0.25) is 4.79 Å². The van der Waals surface area contributed by atoms with Gasteiger partial charge in [-0.1, -0.05) is 37.3 Å². The molecule has 5 rings (SSSR count). The maximum atomic E-state index is 13.3. The molecule has 8 heteroatoms. The predicted octanol–water partition coefficient (Wildman–Crippen LogP) is 4.62. The van der Waals surface area contributed by atoms with Crippen molar-refractivity contribution in [3.63, 3.8) is 0 Å². The van der Waals surface area contributed by atoms with E-state index < -0.39 is 5.25 Å². The normalized spacial score (nSPS) is 19.8. The molecule has 1 aromatic carbocycles. The molecule has 1 saturated heterocycles. The number of thiophene rings is 1. The highest BCUT2D eigenvalue weighted by Crippen LogP contribution is 2.40. The van der Waals surface area contributed by atoms with E-state index in [2.05, 4.69) is 23.2 Å². The molecule has 3 aromatic rings. The number of hydrogen-bond donors (Lipinski definition) is 0. The number of rotatable bonds is 5. The van der Waals surface area contributed by atoms with Gasteiger partial charge in [0.15, 0.2) is 0 Å². The minimum Gasteiger partial charge on any atom is -0.410 e. The maximum Gasteiger partial charge on any atom is 0.278 e. The molecular weight excluding hydrogens is 430 g/mol. The van der Waals surface area contributed by atoms with E-state index in [0.717, 1.165) is 29.2 Å². The molecule has 2 aliphatic rings. The Labute approximate surface area is 190 Å². The van der Waals surface area contributed by atoms with Gasteiger partial charge in [0.05, 0.1) is 18.1 Å². The molecule has 1 aliphatic heterocycles. The summed E-state index contributed by atoms with van der Waals surface area (Å²) in [5, 5.41) is 8.56. The number of thioether (sulfide) groups is 1. The van der Waals surface area contributed by atoms with Gasteiger partial charge in [-0.05, 0) is 54.1 Å². The Morgan fingerprint density at radius 3 is 2.84 bits per heavy atom. The summed E-state index contributed by atoms with van der Waals surface area (Å²) in [6.07, 6.45) is 3.48. The average Bonchev–Trinajstić information content (AvgIpc) is 3.45. The molecule has 2 atom stereocenters. The third-order valence-electron chi connectivity index (χ3n) is 5.81. The number of fused-ring (bicyclic) bond motifs is 1. The van der Waals surface area contributed by atoms with Gasteiger partial charge in [0.1, 0.15) is 5.25 Å². The molecule has 0 saturated carbocycles. The fraction of sp³-hybridized carbons (Fsp3) is 0.435. The van der Waals surface area contributed by atoms with Crippen molar-refractivity contribution in [1.29, 1.82) is 0 Å². The second kappa shape index (κ2) is 9.14. The zero-order valence-corrected chi connectivity index (χ0v) is 19.1. The van der Waals surface area contributed by atoms with Crippen LogP contribution < -0.4 is 0 Å². The van der Waals surface area contributed by atoms with Crippen LogP contribution in [0.3, 0.4) is 0 Å². The lowest BCUT2D eigenvalue weighted by atomic mass is 9.90. The highest BCUT2D eigenvalue weighted by atomic mass is 32.2. The summed E-state index contributed by atoms with van der Waals surface area (Å²) in [6, 6.07) is 12.0. The van der Waals surface area contributed by atoms with Crippen LogP contribution >= 0.6 is 23.1 Å². The average molecular weight is 456 g/mol. The third-order valence-corrected chi connectivity index (χ3v) is 8.12. The summed E-state index contributed by atoms with van der Waals surface area (Å²) in [5.74, 6) is 1.32. The molecule has 1 fully saturated rings. The molecule has 0 radical (unpaired) electrons. The summed E-state index contributed by atoms with van der Waals surface area (Å²) in [5.41, 5.74) is 2.35. The highest BCUT2D eigenvalue weighted by Gasteiger charge is 2.30. The van der Waals surface area contributed by atoms with E-state index in [0.29, 0.717) is 37.4 Å². The number of amides is 1. The zero-order chi connectivity index (χ0) is 21.2. The van der Waals surface area contributed by atoms with Crippen molar-refractivity contribution in [3.8, 4) is 10.8 Å². The van der Waals surface area contributed by atoms with Gasteiger partial charge in [-0.2, -0.15) is 0 Å². The lowest BCUT2D eigenvalue weighted by Gasteiger charge is -2.29. The summed E-state index contributed by atoms with van der Waals surface area (Å²) in [4.78, 5) is 17.6. The van der Waals surface area contributed by atoms with Crippen molar-refractivity contribution in [2.75, 3.05) is 26.3 Å². The van der Waals surface area contributed by atoms with E-state index in [9.17, 15) is 4.79 Å². The van der Waals surface area contributed by atoms with E-state index in [-0.39, 0.29) is 5.91 Å². The van der Waals surface area contributed by atoms with Crippen LogP contribution in [0.4, 0.5) is 0 Å². The second-order valence-corrected chi connectivity index (χ2v) is 10.3. The van der Waals surface area contributed by atoms with Gasteiger partial charge in [0, 0.05) is 18.0 Å². The van der Waals surface area contributed by atoms with Gasteiger partial charge >= 0.3 is 0 Å². The first-order valence-corrected chi connectivity index (χ1v) is 12.4. The molecule has 1 aliphatic carbocycles. The number of ether oxygens (including phenoxy) is 1. The molecule has 3 heterocycles. The van der Waals surface area contributed by atoms with E-state index in [4.69, 9.17) is 9.15 Å². The molecule has 31 heavy (non-hydrogen) atoms. The maximum absolute atomic E-state index is 13.3. The Balaban J connectivity index is 1.37. The topological polar surface area (TPSA) is 68.5 Å². The summed E-state index contributed by atoms with van der Waals surface area (Å²) in [7, 11) is 0. The summed E-state index contributed by atoms with van der Waals surface area (Å²) >= 11 is 3.08. The van der Waals surface area contributed by atoms with Crippen LogP contribution in [0.2, 0.25) is 0 Å². The molecule has 6 nitrogen and oxygen atoms in total. The van der Waals surface area contributed by atoms with Crippen LogP contribution in [0.5, 0.6) is 0 Å². The number of benzene rings is 1. The minimum absolute atomic E-state index is 0.0554. The first kappa shape index (κ1) is 20.7. The van der Waals surface area contributed by atoms with Crippen LogP contribution in [-0.4, -0.2) is 47.3 Å². The molecule has 0 N–H and O–H groups in total. The summed E-state index contributed by atoms with van der Waals surface area (Å²) in [6.45, 7) is 4.67. The van der Waals surface area contributed by atoms with Crippen LogP contribution in [0, 0.1) is 5.92 Å². The standard InChI is InChI=1S/C23H25N3O3S2/c1-15-7-8-18-17(13-15)14-19(30-18)21-24-25-23(29-21)31-20(16-5-3-2-4-6-16)22(27)26-9-11-28-12-10-26/h2-6,14-15,20H,7-13H2,1H3/t15-,20+/m0/s1. The fourth-order valence-electron chi connectivity index (χ4n) is 4.11. The fourth-order valence-corrected chi connectivity index (χ4v) is 6.20. The van der Waals surface area contributed by atoms with E-state index in [1.807, 2.05) is 35.2 Å². The number of hydrogen-bond acceptors (Lipinski definition) is 7. The number of morpholine rings is 1. The summed E-state index contributed by atoms with van der Waals surface area (Å²) < 4.78 is 11.4. The number of carbonyl (C=O) groups excluding carboxylic acids is 1. The molecule has 0 bridgehead atoms. The second-order valence-electron chi connectivity index (χ2n) is 8.13. The van der Waals surface area contributed by atoms with Crippen molar-refractivity contribution >= 4 is 29.0 Å². The minimum atomic E-state index is -0.426. The Morgan fingerprint density at radius 2 is 2.03 bits per heavy atom. The number of nitrogens with zero attached hydrogens (tertiary/aromatic N) is 3. The van der Waals surface area contributed by atoms with E-state index in [1.54, 1.807) is 11.3 Å². The van der Waals surface area contributed by atoms with E-state index in [1.165, 1.54) is 28.6 Å². The largest absolute Gasteiger partial charge is 0.410 e. The first-order valence-electron chi connectivity index (χ1n) is 10.7. The number of aromatic nitrogens is 2. The van der Waals surface area contributed by atoms with Crippen molar-refractivity contribution in [3.05, 3.63) is 52.4 Å². The Hall–Kier alpha value is -2.16. The molecule has 162 valence electrons. The van der Waals surface area contributed by atoms with Crippen LogP contribution in [0.25, 0.3) is 10.8 Å². The lowest BCUT2D eigenvalue weighted by molar-refractivity contribution is -0.134. The van der Waals surface area contributed by atoms with Crippen molar-refractivity contribution in [2.24, 2.45) is 5.92 Å². The Kier molecular flexibility index (Phi) is 6.11. The smallest absolute Gasteiger partial charge is 0.278 e. The van der Waals surface area contributed by atoms with Crippen molar-refractivity contribution < 1.29 is 13.9 Å². The van der Waals surface area contributed by atoms with Crippen molar-refractivity contribution in [2.45, 2.75) is 36.7 Å². The van der Waals surface area contributed by atoms with E-state index >= 15 is 0 Å². The molecule has 0 spiro atoms. The van der Waals surface area contributed by atoms with Gasteiger partial charge in [-0.25, -0.2) is 0 Å². The lowest BCUT2D eigenvalue weighted by Crippen LogP contribution is -2.42. The van der Waals surface area contributed by atoms with Crippen LogP contribution in [-0.2, 0) is 22.4 Å². The molecule has 2 aromatic heterocycles. The van der Waals surface area contributed by atoms with Gasteiger partial charge in [-0.15, -0.1) is 21.5 Å². The molecular formula is C23H25N3O3S2. The first-order chi connectivity index (χ1) is 15.2. The quantitative estimate of drug-likeness (QED) is 0.523. The SMILES string of the molecule is C[C@H]1CCc2sc(-c3nnc(S[C@@H](C(=O)N4CCOCC4)c4ccccc4)o3)cc2C1. The van der Waals surface area contributed by atoms with Gasteiger partial charge in [0.2, 0.25) is 5.91 Å². The number of aryl methyl sites for hydroxylation is 1. The predicted molar refractivity (Wildman–Crippen MR) is 121 cm³/mol.